The maximum atomic E-state index is 12.1. The minimum atomic E-state index is -3.26. The summed E-state index contributed by atoms with van der Waals surface area (Å²) in [5.74, 6) is -0.226. The van der Waals surface area contributed by atoms with Crippen LogP contribution in [-0.2, 0) is 21.0 Å². The van der Waals surface area contributed by atoms with Crippen molar-refractivity contribution in [3.05, 3.63) is 35.4 Å². The van der Waals surface area contributed by atoms with Gasteiger partial charge in [0.1, 0.15) is 0 Å². The van der Waals surface area contributed by atoms with Crippen LogP contribution in [0, 0.1) is 5.41 Å². The number of methoxy groups -OCH3 is 1. The van der Waals surface area contributed by atoms with Gasteiger partial charge in [-0.1, -0.05) is 43.4 Å². The van der Waals surface area contributed by atoms with E-state index >= 15 is 0 Å². The molecular weight excluding hydrogens is 306 g/mol. The van der Waals surface area contributed by atoms with Crippen LogP contribution >= 0.6 is 12.2 Å². The van der Waals surface area contributed by atoms with Crippen molar-refractivity contribution in [2.45, 2.75) is 24.5 Å². The monoisotopic (exact) mass is 327 g/mol. The second-order valence-corrected chi connectivity index (χ2v) is 8.27. The predicted octanol–water partition coefficient (Wildman–Crippen LogP) is 1.68. The molecule has 0 spiro atoms. The Morgan fingerprint density at radius 2 is 1.95 bits per heavy atom. The smallest absolute Gasteiger partial charge is 0.152 e. The van der Waals surface area contributed by atoms with Gasteiger partial charge in [-0.2, -0.15) is 0 Å². The van der Waals surface area contributed by atoms with E-state index in [4.69, 9.17) is 22.7 Å². The summed E-state index contributed by atoms with van der Waals surface area (Å²) in [7, 11) is -1.73. The Morgan fingerprint density at radius 3 is 2.33 bits per heavy atom. The summed E-state index contributed by atoms with van der Waals surface area (Å²) in [5, 5.41) is -0.602. The lowest BCUT2D eigenvalue weighted by atomic mass is 9.98. The van der Waals surface area contributed by atoms with E-state index in [2.05, 4.69) is 6.92 Å². The number of hydrogen-bond acceptors (Lipinski definition) is 4. The fraction of sp³-hybridized carbons (Fsp3) is 0.533. The lowest BCUT2D eigenvalue weighted by Gasteiger charge is -2.15. The van der Waals surface area contributed by atoms with Crippen LogP contribution < -0.4 is 5.73 Å². The molecule has 0 heterocycles. The number of nitrogens with two attached hydrogens (primary N) is 1. The average Bonchev–Trinajstić information content (AvgIpc) is 3.10. The molecule has 1 fully saturated rings. The number of thiocarbonyl (C=S) groups is 1. The number of hydrogen-bond donors (Lipinski definition) is 1. The van der Waals surface area contributed by atoms with Crippen molar-refractivity contribution in [1.29, 1.82) is 0 Å². The van der Waals surface area contributed by atoms with E-state index in [-0.39, 0.29) is 17.5 Å². The van der Waals surface area contributed by atoms with Gasteiger partial charge in [-0.05, 0) is 17.5 Å². The van der Waals surface area contributed by atoms with Crippen LogP contribution in [-0.4, -0.2) is 38.6 Å². The first-order valence-electron chi connectivity index (χ1n) is 6.85. The number of sulfone groups is 1. The molecule has 0 aromatic heterocycles. The first kappa shape index (κ1) is 16.4. The summed E-state index contributed by atoms with van der Waals surface area (Å²) in [5.41, 5.74) is 7.25. The Balaban J connectivity index is 2.46. The molecule has 0 unspecified atom stereocenters. The Morgan fingerprint density at radius 1 is 1.38 bits per heavy atom. The van der Waals surface area contributed by atoms with E-state index < -0.39 is 20.5 Å². The highest BCUT2D eigenvalue weighted by Crippen LogP contribution is 2.63. The summed E-state index contributed by atoms with van der Waals surface area (Å²) in [4.78, 5) is 0.212. The molecule has 0 aliphatic heterocycles. The van der Waals surface area contributed by atoms with E-state index in [9.17, 15) is 8.42 Å². The number of benzene rings is 1. The average molecular weight is 327 g/mol. The molecule has 2 N–H and O–H groups in total. The molecule has 116 valence electrons. The van der Waals surface area contributed by atoms with Crippen molar-refractivity contribution in [3.8, 4) is 0 Å². The molecule has 1 aliphatic rings. The van der Waals surface area contributed by atoms with Crippen molar-refractivity contribution in [2.24, 2.45) is 11.1 Å². The minimum Gasteiger partial charge on any atom is -0.393 e. The third-order valence-corrected chi connectivity index (χ3v) is 6.30. The van der Waals surface area contributed by atoms with E-state index in [0.717, 1.165) is 12.0 Å². The Kier molecular flexibility index (Phi) is 4.42. The van der Waals surface area contributed by atoms with Gasteiger partial charge >= 0.3 is 0 Å². The molecule has 0 bridgehead atoms. The summed E-state index contributed by atoms with van der Waals surface area (Å²) in [6.45, 7) is 2.30. The van der Waals surface area contributed by atoms with Gasteiger partial charge in [0.05, 0.1) is 22.3 Å². The summed E-state index contributed by atoms with van der Waals surface area (Å²) >= 11 is 5.16. The van der Waals surface area contributed by atoms with Crippen molar-refractivity contribution in [1.82, 2.24) is 0 Å². The fourth-order valence-corrected chi connectivity index (χ4v) is 5.55. The van der Waals surface area contributed by atoms with Gasteiger partial charge in [-0.25, -0.2) is 8.42 Å². The molecule has 21 heavy (non-hydrogen) atoms. The van der Waals surface area contributed by atoms with Crippen LogP contribution in [0.5, 0.6) is 0 Å². The van der Waals surface area contributed by atoms with Gasteiger partial charge in [0.25, 0.3) is 0 Å². The van der Waals surface area contributed by atoms with E-state index in [1.165, 1.54) is 18.9 Å². The normalized spacial score (nSPS) is 28.3. The largest absolute Gasteiger partial charge is 0.393 e. The topological polar surface area (TPSA) is 69.4 Å². The quantitative estimate of drug-likeness (QED) is 0.805. The maximum absolute atomic E-state index is 12.1. The number of aryl methyl sites for hydroxylation is 1. The van der Waals surface area contributed by atoms with Crippen molar-refractivity contribution in [2.75, 3.05) is 20.0 Å². The standard InChI is InChI=1S/C15H21NO3S2/c1-4-10-5-7-11(8-6-10)12-13(21(3,17)18)15(12,9-19-2)14(16)20/h5-8,12-13H,4,9H2,1-3H3,(H2,16,20)/t12-,13-,15-/m0/s1. The van der Waals surface area contributed by atoms with Crippen LogP contribution in [0.25, 0.3) is 0 Å². The zero-order chi connectivity index (χ0) is 15.8. The zero-order valence-electron chi connectivity index (χ0n) is 12.5. The van der Waals surface area contributed by atoms with Crippen LogP contribution in [0.2, 0.25) is 0 Å². The molecule has 1 saturated carbocycles. The lowest BCUT2D eigenvalue weighted by Crippen LogP contribution is -2.32. The summed E-state index contributed by atoms with van der Waals surface area (Å²) in [6, 6.07) is 7.98. The van der Waals surface area contributed by atoms with Gasteiger partial charge in [0.2, 0.25) is 0 Å². The Labute approximate surface area is 131 Å². The Bertz CT molecular complexity index is 639. The number of rotatable bonds is 6. The molecular formula is C15H21NO3S2. The van der Waals surface area contributed by atoms with Gasteiger partial charge in [0, 0.05) is 19.3 Å². The molecule has 2 rings (SSSR count). The van der Waals surface area contributed by atoms with Crippen LogP contribution in [0.4, 0.5) is 0 Å². The van der Waals surface area contributed by atoms with Crippen molar-refractivity contribution < 1.29 is 13.2 Å². The third-order valence-electron chi connectivity index (χ3n) is 4.31. The molecule has 0 radical (unpaired) electrons. The number of ether oxygens (including phenoxy) is 1. The first-order valence-corrected chi connectivity index (χ1v) is 9.21. The molecule has 6 heteroatoms. The maximum Gasteiger partial charge on any atom is 0.152 e. The predicted molar refractivity (Wildman–Crippen MR) is 88.3 cm³/mol. The summed E-state index contributed by atoms with van der Waals surface area (Å²) < 4.78 is 29.5. The van der Waals surface area contributed by atoms with E-state index in [1.807, 2.05) is 24.3 Å². The third kappa shape index (κ3) is 2.72. The lowest BCUT2D eigenvalue weighted by molar-refractivity contribution is 0.166. The molecule has 0 amide bonds. The first-order chi connectivity index (χ1) is 9.79. The van der Waals surface area contributed by atoms with Crippen molar-refractivity contribution in [3.63, 3.8) is 0 Å². The van der Waals surface area contributed by atoms with Gasteiger partial charge in [-0.3, -0.25) is 0 Å². The van der Waals surface area contributed by atoms with Crippen molar-refractivity contribution >= 4 is 27.0 Å². The highest BCUT2D eigenvalue weighted by Gasteiger charge is 2.71. The highest BCUT2D eigenvalue weighted by atomic mass is 32.2. The molecule has 1 aromatic rings. The zero-order valence-corrected chi connectivity index (χ0v) is 14.1. The molecule has 0 saturated heterocycles. The Hall–Kier alpha value is -0.980. The van der Waals surface area contributed by atoms with Gasteiger partial charge in [-0.15, -0.1) is 0 Å². The van der Waals surface area contributed by atoms with Gasteiger partial charge < -0.3 is 10.5 Å². The van der Waals surface area contributed by atoms with Crippen LogP contribution in [0.3, 0.4) is 0 Å². The molecule has 4 nitrogen and oxygen atoms in total. The fourth-order valence-electron chi connectivity index (χ4n) is 3.24. The second-order valence-electron chi connectivity index (χ2n) is 5.66. The SMILES string of the molecule is CCc1ccc([C@H]2[C@H](S(C)(=O)=O)[C@@]2(COC)C(N)=S)cc1. The van der Waals surface area contributed by atoms with Gasteiger partial charge in [0.15, 0.2) is 9.84 Å². The van der Waals surface area contributed by atoms with Crippen LogP contribution in [0.15, 0.2) is 24.3 Å². The second kappa shape index (κ2) is 5.66. The van der Waals surface area contributed by atoms with E-state index in [1.54, 1.807) is 0 Å². The minimum absolute atomic E-state index is 0.212. The summed E-state index contributed by atoms with van der Waals surface area (Å²) in [6.07, 6.45) is 2.18. The molecule has 3 atom stereocenters. The van der Waals surface area contributed by atoms with E-state index in [0.29, 0.717) is 0 Å². The molecule has 1 aliphatic carbocycles. The van der Waals surface area contributed by atoms with Crippen LogP contribution in [0.1, 0.15) is 24.0 Å². The molecule has 1 aromatic carbocycles. The highest BCUT2D eigenvalue weighted by molar-refractivity contribution is 7.92.